The van der Waals surface area contributed by atoms with Crippen LogP contribution in [0, 0.1) is 0 Å². The van der Waals surface area contributed by atoms with Gasteiger partial charge in [0.2, 0.25) is 5.91 Å². The van der Waals surface area contributed by atoms with Crippen molar-refractivity contribution >= 4 is 17.8 Å². The highest BCUT2D eigenvalue weighted by Crippen LogP contribution is 2.25. The number of carbonyl (C=O) groups excluding carboxylic acids is 2. The lowest BCUT2D eigenvalue weighted by Crippen LogP contribution is -2.52. The predicted octanol–water partition coefficient (Wildman–Crippen LogP) is 3.00. The number of unbranched alkanes of at least 4 members (excludes halogenated alkanes) is 3. The van der Waals surface area contributed by atoms with Crippen molar-refractivity contribution in [1.82, 2.24) is 10.2 Å². The van der Waals surface area contributed by atoms with Crippen LogP contribution in [0.2, 0.25) is 0 Å². The third-order valence-corrected chi connectivity index (χ3v) is 5.16. The Morgan fingerprint density at radius 1 is 1.03 bits per heavy atom. The molecule has 2 heterocycles. The molecule has 0 saturated carbocycles. The molecule has 0 saturated heterocycles. The van der Waals surface area contributed by atoms with Gasteiger partial charge in [0.05, 0.1) is 6.26 Å². The van der Waals surface area contributed by atoms with Gasteiger partial charge < -0.3 is 19.7 Å². The second-order valence-corrected chi connectivity index (χ2v) is 7.25. The van der Waals surface area contributed by atoms with E-state index in [2.05, 4.69) is 5.32 Å². The van der Waals surface area contributed by atoms with E-state index < -0.39 is 12.0 Å². The van der Waals surface area contributed by atoms with Gasteiger partial charge in [-0.3, -0.25) is 14.4 Å². The van der Waals surface area contributed by atoms with Crippen LogP contribution in [-0.4, -0.2) is 40.4 Å². The number of hydrogen-bond acceptors (Lipinski definition) is 4. The average Bonchev–Trinajstić information content (AvgIpc) is 3.26. The largest absolute Gasteiger partial charge is 0.481 e. The smallest absolute Gasteiger partial charge is 0.303 e. The van der Waals surface area contributed by atoms with E-state index in [0.717, 1.165) is 30.4 Å². The fraction of sp³-hybridized carbons (Fsp3) is 0.409. The van der Waals surface area contributed by atoms with E-state index in [0.29, 0.717) is 25.9 Å². The number of carboxylic acids is 1. The SMILES string of the molecule is O=C(O)CCCCCCNC(=O)C1Cc2ccccc2CN1C(=O)c1ccco1. The number of hydrogen-bond donors (Lipinski definition) is 2. The Labute approximate surface area is 169 Å². The van der Waals surface area contributed by atoms with Crippen molar-refractivity contribution in [2.45, 2.75) is 51.1 Å². The van der Waals surface area contributed by atoms with E-state index in [-0.39, 0.29) is 24.0 Å². The number of carboxylic acid groups (broad SMARTS) is 1. The summed E-state index contributed by atoms with van der Waals surface area (Å²) < 4.78 is 5.25. The standard InChI is InChI=1S/C22H26N2O5/c25-20(26)11-3-1-2-6-12-23-21(27)18-14-16-8-4-5-9-17(16)15-24(18)22(28)19-10-7-13-29-19/h4-5,7-10,13,18H,1-3,6,11-12,14-15H2,(H,23,27)(H,25,26). The maximum Gasteiger partial charge on any atom is 0.303 e. The molecule has 0 spiro atoms. The van der Waals surface area contributed by atoms with E-state index in [4.69, 9.17) is 9.52 Å². The molecular formula is C22H26N2O5. The monoisotopic (exact) mass is 398 g/mol. The Kier molecular flexibility index (Phi) is 7.05. The van der Waals surface area contributed by atoms with Crippen molar-refractivity contribution in [3.63, 3.8) is 0 Å². The van der Waals surface area contributed by atoms with Crippen LogP contribution in [0.25, 0.3) is 0 Å². The Bertz CT molecular complexity index is 847. The lowest BCUT2D eigenvalue weighted by Gasteiger charge is -2.35. The first kappa shape index (κ1) is 20.6. The number of benzene rings is 1. The fourth-order valence-corrected chi connectivity index (χ4v) is 3.60. The normalized spacial score (nSPS) is 15.6. The number of furan rings is 1. The van der Waals surface area contributed by atoms with Gasteiger partial charge in [0.15, 0.2) is 5.76 Å². The zero-order valence-corrected chi connectivity index (χ0v) is 16.3. The highest BCUT2D eigenvalue weighted by molar-refractivity contribution is 5.96. The first-order chi connectivity index (χ1) is 14.1. The molecule has 0 bridgehead atoms. The number of nitrogens with zero attached hydrogens (tertiary/aromatic N) is 1. The molecule has 7 nitrogen and oxygen atoms in total. The molecule has 1 unspecified atom stereocenters. The van der Waals surface area contributed by atoms with Crippen LogP contribution in [-0.2, 0) is 22.6 Å². The zero-order valence-electron chi connectivity index (χ0n) is 16.3. The highest BCUT2D eigenvalue weighted by Gasteiger charge is 2.35. The number of carbonyl (C=O) groups is 3. The number of nitrogens with one attached hydrogen (secondary N) is 1. The lowest BCUT2D eigenvalue weighted by molar-refractivity contribution is -0.137. The van der Waals surface area contributed by atoms with E-state index >= 15 is 0 Å². The molecule has 0 fully saturated rings. The Hall–Kier alpha value is -3.09. The molecule has 1 atom stereocenters. The number of amides is 2. The van der Waals surface area contributed by atoms with Gasteiger partial charge in [-0.2, -0.15) is 0 Å². The maximum absolute atomic E-state index is 12.9. The number of aliphatic carboxylic acids is 1. The summed E-state index contributed by atoms with van der Waals surface area (Å²) in [5.74, 6) is -1.03. The zero-order chi connectivity index (χ0) is 20.6. The molecule has 1 aromatic carbocycles. The second-order valence-electron chi connectivity index (χ2n) is 7.25. The molecule has 2 N–H and O–H groups in total. The Balaban J connectivity index is 1.59. The van der Waals surface area contributed by atoms with E-state index in [9.17, 15) is 14.4 Å². The summed E-state index contributed by atoms with van der Waals surface area (Å²) in [6.45, 7) is 0.871. The minimum absolute atomic E-state index is 0.176. The van der Waals surface area contributed by atoms with Gasteiger partial charge in [0.1, 0.15) is 6.04 Å². The second kappa shape index (κ2) is 9.91. The van der Waals surface area contributed by atoms with Gasteiger partial charge in [-0.1, -0.05) is 37.1 Å². The van der Waals surface area contributed by atoms with Crippen LogP contribution >= 0.6 is 0 Å². The molecule has 1 aliphatic heterocycles. The molecule has 0 aliphatic carbocycles. The molecule has 1 aliphatic rings. The van der Waals surface area contributed by atoms with Crippen LogP contribution in [0.15, 0.2) is 47.1 Å². The lowest BCUT2D eigenvalue weighted by atomic mass is 9.93. The minimum atomic E-state index is -0.780. The van der Waals surface area contributed by atoms with Crippen molar-refractivity contribution in [3.8, 4) is 0 Å². The third kappa shape index (κ3) is 5.47. The summed E-state index contributed by atoms with van der Waals surface area (Å²) in [5, 5.41) is 11.6. The molecule has 2 amide bonds. The van der Waals surface area contributed by atoms with Crippen LogP contribution in [0.4, 0.5) is 0 Å². The molecule has 7 heteroatoms. The molecule has 0 radical (unpaired) electrons. The van der Waals surface area contributed by atoms with Crippen molar-refractivity contribution in [3.05, 3.63) is 59.5 Å². The van der Waals surface area contributed by atoms with Crippen LogP contribution in [0.1, 0.15) is 53.8 Å². The van der Waals surface area contributed by atoms with Gasteiger partial charge >= 0.3 is 5.97 Å². The summed E-state index contributed by atoms with van der Waals surface area (Å²) in [7, 11) is 0. The van der Waals surface area contributed by atoms with E-state index in [1.165, 1.54) is 6.26 Å². The van der Waals surface area contributed by atoms with Crippen molar-refractivity contribution in [1.29, 1.82) is 0 Å². The molecule has 1 aromatic heterocycles. The third-order valence-electron chi connectivity index (χ3n) is 5.16. The minimum Gasteiger partial charge on any atom is -0.481 e. The maximum atomic E-state index is 12.9. The van der Waals surface area contributed by atoms with Gasteiger partial charge in [0.25, 0.3) is 5.91 Å². The Morgan fingerprint density at radius 3 is 2.52 bits per heavy atom. The highest BCUT2D eigenvalue weighted by atomic mass is 16.4. The fourth-order valence-electron chi connectivity index (χ4n) is 3.60. The predicted molar refractivity (Wildman–Crippen MR) is 106 cm³/mol. The van der Waals surface area contributed by atoms with Gasteiger partial charge in [-0.05, 0) is 36.1 Å². The van der Waals surface area contributed by atoms with Gasteiger partial charge in [-0.15, -0.1) is 0 Å². The van der Waals surface area contributed by atoms with Gasteiger partial charge in [0, 0.05) is 25.9 Å². The Morgan fingerprint density at radius 2 is 1.79 bits per heavy atom. The van der Waals surface area contributed by atoms with Crippen molar-refractivity contribution in [2.24, 2.45) is 0 Å². The summed E-state index contributed by atoms with van der Waals surface area (Å²) >= 11 is 0. The molecule has 29 heavy (non-hydrogen) atoms. The van der Waals surface area contributed by atoms with Crippen LogP contribution in [0.3, 0.4) is 0 Å². The van der Waals surface area contributed by atoms with E-state index in [1.54, 1.807) is 17.0 Å². The van der Waals surface area contributed by atoms with Crippen molar-refractivity contribution < 1.29 is 23.9 Å². The first-order valence-corrected chi connectivity index (χ1v) is 9.97. The summed E-state index contributed by atoms with van der Waals surface area (Å²) in [6, 6.07) is 10.5. The van der Waals surface area contributed by atoms with Crippen LogP contribution < -0.4 is 5.32 Å². The van der Waals surface area contributed by atoms with Crippen LogP contribution in [0.5, 0.6) is 0 Å². The number of fused-ring (bicyclic) bond motifs is 1. The average molecular weight is 398 g/mol. The van der Waals surface area contributed by atoms with Crippen molar-refractivity contribution in [2.75, 3.05) is 6.54 Å². The molecule has 3 rings (SSSR count). The summed E-state index contributed by atoms with van der Waals surface area (Å²) in [4.78, 5) is 37.8. The summed E-state index contributed by atoms with van der Waals surface area (Å²) in [5.41, 5.74) is 2.11. The van der Waals surface area contributed by atoms with Gasteiger partial charge in [-0.25, -0.2) is 0 Å². The molecule has 154 valence electrons. The quantitative estimate of drug-likeness (QED) is 0.633. The molecular weight excluding hydrogens is 372 g/mol. The van der Waals surface area contributed by atoms with E-state index in [1.807, 2.05) is 24.3 Å². The topological polar surface area (TPSA) is 99.9 Å². The first-order valence-electron chi connectivity index (χ1n) is 9.97. The molecule has 2 aromatic rings. The summed E-state index contributed by atoms with van der Waals surface area (Å²) in [6.07, 6.45) is 5.20. The number of rotatable bonds is 9.